The minimum atomic E-state index is -1.88. The van der Waals surface area contributed by atoms with E-state index in [0.717, 1.165) is 0 Å². The lowest BCUT2D eigenvalue weighted by Crippen LogP contribution is -2.60. The molecular weight excluding hydrogens is 304 g/mol. The van der Waals surface area contributed by atoms with Crippen LogP contribution in [0.15, 0.2) is 0 Å². The van der Waals surface area contributed by atoms with Gasteiger partial charge < -0.3 is 50.0 Å². The van der Waals surface area contributed by atoms with Crippen molar-refractivity contribution in [3.8, 4) is 0 Å². The van der Waals surface area contributed by atoms with E-state index < -0.39 is 61.7 Å². The van der Waals surface area contributed by atoms with Crippen molar-refractivity contribution in [1.29, 1.82) is 0 Å². The number of aliphatic hydroxyl groups excluding tert-OH is 7. The van der Waals surface area contributed by atoms with Crippen LogP contribution < -0.4 is 0 Å². The van der Waals surface area contributed by atoms with Gasteiger partial charge in [-0.05, 0) is 6.92 Å². The Kier molecular flexibility index (Phi) is 7.25. The van der Waals surface area contributed by atoms with Gasteiger partial charge >= 0.3 is 0 Å². The fraction of sp³-hybridized carbons (Fsp3) is 0.917. The highest BCUT2D eigenvalue weighted by molar-refractivity contribution is 5.56. The van der Waals surface area contributed by atoms with Crippen molar-refractivity contribution in [1.82, 2.24) is 0 Å². The summed E-state index contributed by atoms with van der Waals surface area (Å²) in [4.78, 5) is 10.7. The van der Waals surface area contributed by atoms with Crippen molar-refractivity contribution in [2.45, 2.75) is 62.0 Å². The predicted molar refractivity (Wildman–Crippen MR) is 68.4 cm³/mol. The van der Waals surface area contributed by atoms with E-state index in [9.17, 15) is 35.4 Å². The van der Waals surface area contributed by atoms with Gasteiger partial charge in [0.1, 0.15) is 42.7 Å². The minimum absolute atomic E-state index is 0.0297. The summed E-state index contributed by atoms with van der Waals surface area (Å²) < 4.78 is 10.2. The second-order valence-corrected chi connectivity index (χ2v) is 5.15. The van der Waals surface area contributed by atoms with Crippen molar-refractivity contribution in [3.05, 3.63) is 0 Å². The Balaban J connectivity index is 2.87. The third kappa shape index (κ3) is 4.19. The van der Waals surface area contributed by atoms with E-state index in [1.807, 2.05) is 0 Å². The summed E-state index contributed by atoms with van der Waals surface area (Å²) in [5, 5.41) is 66.5. The molecule has 1 saturated heterocycles. The average molecular weight is 326 g/mol. The first kappa shape index (κ1) is 19.4. The zero-order chi connectivity index (χ0) is 17.0. The summed E-state index contributed by atoms with van der Waals surface area (Å²) in [5.74, 6) is 0. The van der Waals surface area contributed by atoms with E-state index in [-0.39, 0.29) is 6.29 Å². The van der Waals surface area contributed by atoms with Crippen LogP contribution in [0.1, 0.15) is 6.92 Å². The Labute approximate surface area is 126 Å². The van der Waals surface area contributed by atoms with E-state index in [2.05, 4.69) is 0 Å². The predicted octanol–water partition coefficient (Wildman–Crippen LogP) is -4.53. The van der Waals surface area contributed by atoms with Gasteiger partial charge in [-0.25, -0.2) is 0 Å². The zero-order valence-electron chi connectivity index (χ0n) is 11.8. The Morgan fingerprint density at radius 3 is 2.23 bits per heavy atom. The van der Waals surface area contributed by atoms with Crippen molar-refractivity contribution in [2.24, 2.45) is 0 Å². The molecule has 22 heavy (non-hydrogen) atoms. The maximum absolute atomic E-state index is 10.7. The highest BCUT2D eigenvalue weighted by Gasteiger charge is 2.45. The highest BCUT2D eigenvalue weighted by Crippen LogP contribution is 2.24. The van der Waals surface area contributed by atoms with Crippen LogP contribution in [-0.2, 0) is 14.3 Å². The van der Waals surface area contributed by atoms with Gasteiger partial charge in [0, 0.05) is 0 Å². The van der Waals surface area contributed by atoms with Crippen LogP contribution >= 0.6 is 0 Å². The quantitative estimate of drug-likeness (QED) is 0.225. The van der Waals surface area contributed by atoms with Gasteiger partial charge in [0.05, 0.1) is 12.7 Å². The molecule has 1 aliphatic heterocycles. The van der Waals surface area contributed by atoms with Gasteiger partial charge in [0.15, 0.2) is 12.6 Å². The number of ether oxygens (including phenoxy) is 2. The van der Waals surface area contributed by atoms with Crippen molar-refractivity contribution < 1.29 is 50.0 Å². The normalized spacial score (nSPS) is 38.1. The fourth-order valence-corrected chi connectivity index (χ4v) is 2.05. The first-order chi connectivity index (χ1) is 10.2. The molecule has 1 fully saturated rings. The molecule has 1 aliphatic rings. The van der Waals surface area contributed by atoms with Crippen LogP contribution in [-0.4, -0.2) is 104 Å². The molecule has 0 spiro atoms. The van der Waals surface area contributed by atoms with Crippen LogP contribution in [0.3, 0.4) is 0 Å². The average Bonchev–Trinajstić information content (AvgIpc) is 2.52. The summed E-state index contributed by atoms with van der Waals surface area (Å²) >= 11 is 0. The molecule has 0 aliphatic carbocycles. The minimum Gasteiger partial charge on any atom is -0.394 e. The van der Waals surface area contributed by atoms with Gasteiger partial charge in [0.2, 0.25) is 0 Å². The monoisotopic (exact) mass is 326 g/mol. The lowest BCUT2D eigenvalue weighted by Gasteiger charge is -2.41. The summed E-state index contributed by atoms with van der Waals surface area (Å²) in [6, 6.07) is 0. The van der Waals surface area contributed by atoms with Gasteiger partial charge in [-0.15, -0.1) is 0 Å². The van der Waals surface area contributed by atoms with Crippen LogP contribution in [0.5, 0.6) is 0 Å². The van der Waals surface area contributed by atoms with Crippen LogP contribution in [0.4, 0.5) is 0 Å². The number of aliphatic hydroxyl groups is 7. The maximum atomic E-state index is 10.7. The first-order valence-corrected chi connectivity index (χ1v) is 6.70. The topological polar surface area (TPSA) is 177 Å². The summed E-state index contributed by atoms with van der Waals surface area (Å²) in [6.45, 7) is 0.526. The van der Waals surface area contributed by atoms with Gasteiger partial charge in [-0.2, -0.15) is 0 Å². The molecule has 1 heterocycles. The molecule has 9 atom stereocenters. The van der Waals surface area contributed by atoms with E-state index in [0.29, 0.717) is 0 Å². The number of carbonyl (C=O) groups excluding carboxylic acids is 1. The largest absolute Gasteiger partial charge is 0.394 e. The van der Waals surface area contributed by atoms with Crippen molar-refractivity contribution >= 4 is 6.29 Å². The molecule has 0 radical (unpaired) electrons. The van der Waals surface area contributed by atoms with Crippen LogP contribution in [0.25, 0.3) is 0 Å². The number of hydrogen-bond donors (Lipinski definition) is 7. The molecule has 0 unspecified atom stereocenters. The lowest BCUT2D eigenvalue weighted by molar-refractivity contribution is -0.318. The number of rotatable bonds is 7. The Morgan fingerprint density at radius 1 is 1.14 bits per heavy atom. The first-order valence-electron chi connectivity index (χ1n) is 6.70. The number of carbonyl (C=O) groups is 1. The third-order valence-electron chi connectivity index (χ3n) is 3.49. The van der Waals surface area contributed by atoms with Crippen LogP contribution in [0.2, 0.25) is 0 Å². The van der Waals surface area contributed by atoms with Gasteiger partial charge in [0.25, 0.3) is 0 Å². The summed E-state index contributed by atoms with van der Waals surface area (Å²) in [6.07, 6.45) is -14.4. The molecular formula is C12H22O10. The number of aldehydes is 1. The molecule has 0 aromatic rings. The molecule has 0 aromatic heterocycles. The van der Waals surface area contributed by atoms with E-state index in [4.69, 9.17) is 14.6 Å². The molecule has 0 amide bonds. The molecule has 10 nitrogen and oxygen atoms in total. The molecule has 0 saturated carbocycles. The Morgan fingerprint density at radius 2 is 1.73 bits per heavy atom. The smallest absolute Gasteiger partial charge is 0.187 e. The number of hydrogen-bond acceptors (Lipinski definition) is 10. The SMILES string of the molecule is C[C@@H]1O[C@@H](O[C@@H]([C@@H](O)[C@H](O)CO)[C@@H](O)C=O)[C@H](O)[C@H](O)[C@H]1O. The highest BCUT2D eigenvalue weighted by atomic mass is 16.7. The Bertz CT molecular complexity index is 353. The van der Waals surface area contributed by atoms with Gasteiger partial charge in [-0.1, -0.05) is 0 Å². The molecule has 130 valence electrons. The second-order valence-electron chi connectivity index (χ2n) is 5.15. The Hall–Kier alpha value is -0.690. The summed E-state index contributed by atoms with van der Waals surface area (Å²) in [5.41, 5.74) is 0. The van der Waals surface area contributed by atoms with Gasteiger partial charge in [-0.3, -0.25) is 0 Å². The fourth-order valence-electron chi connectivity index (χ4n) is 2.05. The molecule has 10 heteroatoms. The standard InChI is InChI=1S/C12H22O10/c1-4-7(17)9(19)10(20)12(21-4)22-11(6(16)3-14)8(18)5(15)2-13/h3-13,15-20H,2H2,1H3/t4-,5+,6-,7-,8-,9+,10+,11+,12-/m0/s1. The summed E-state index contributed by atoms with van der Waals surface area (Å²) in [7, 11) is 0. The van der Waals surface area contributed by atoms with E-state index in [1.54, 1.807) is 0 Å². The molecule has 0 aromatic carbocycles. The second kappa shape index (κ2) is 8.24. The zero-order valence-corrected chi connectivity index (χ0v) is 11.8. The van der Waals surface area contributed by atoms with E-state index >= 15 is 0 Å². The maximum Gasteiger partial charge on any atom is 0.187 e. The lowest BCUT2D eigenvalue weighted by atomic mass is 9.99. The van der Waals surface area contributed by atoms with E-state index in [1.165, 1.54) is 6.92 Å². The third-order valence-corrected chi connectivity index (χ3v) is 3.49. The molecule has 7 N–H and O–H groups in total. The molecule has 0 bridgehead atoms. The molecule has 1 rings (SSSR count). The van der Waals surface area contributed by atoms with Crippen molar-refractivity contribution in [2.75, 3.05) is 6.61 Å². The van der Waals surface area contributed by atoms with Crippen LogP contribution in [0, 0.1) is 0 Å². The van der Waals surface area contributed by atoms with Crippen molar-refractivity contribution in [3.63, 3.8) is 0 Å².